The van der Waals surface area contributed by atoms with E-state index < -0.39 is 0 Å². The molecule has 0 saturated carbocycles. The van der Waals surface area contributed by atoms with Gasteiger partial charge in [0.15, 0.2) is 0 Å². The van der Waals surface area contributed by atoms with Crippen molar-refractivity contribution in [3.8, 4) is 0 Å². The van der Waals surface area contributed by atoms with Crippen molar-refractivity contribution >= 4 is 5.91 Å². The van der Waals surface area contributed by atoms with Gasteiger partial charge in [0.25, 0.3) is 0 Å². The Bertz CT molecular complexity index is 394. The molecule has 124 valence electrons. The number of amides is 1. The summed E-state index contributed by atoms with van der Waals surface area (Å²) in [6, 6.07) is 0.674. The molecule has 1 amide bonds. The first-order chi connectivity index (χ1) is 10.8. The van der Waals surface area contributed by atoms with Crippen LogP contribution in [0.15, 0.2) is 12.2 Å². The number of carbonyl (C=O) groups is 1. The van der Waals surface area contributed by atoms with Crippen LogP contribution in [0, 0.1) is 5.92 Å². The van der Waals surface area contributed by atoms with Gasteiger partial charge in [-0.2, -0.15) is 0 Å². The fraction of sp³-hybridized carbons (Fsp3) is 0.833. The molecular weight excluding hydrogens is 276 g/mol. The summed E-state index contributed by atoms with van der Waals surface area (Å²) in [6.45, 7) is 4.22. The van der Waals surface area contributed by atoms with Gasteiger partial charge < -0.3 is 14.5 Å². The Labute approximate surface area is 134 Å². The zero-order valence-electron chi connectivity index (χ0n) is 13.9. The maximum atomic E-state index is 12.6. The normalized spacial score (nSPS) is 29.0. The van der Waals surface area contributed by atoms with Crippen molar-refractivity contribution in [2.75, 3.05) is 33.3 Å². The van der Waals surface area contributed by atoms with Gasteiger partial charge in [-0.05, 0) is 44.9 Å². The van der Waals surface area contributed by atoms with Gasteiger partial charge in [0, 0.05) is 45.2 Å². The SMILES string of the molecule is COC1CCN(C2CCN(C(=O)[C@@H]3CC=CCC3)CC2)CC1. The van der Waals surface area contributed by atoms with Gasteiger partial charge in [-0.3, -0.25) is 4.79 Å². The fourth-order valence-electron chi connectivity index (χ4n) is 4.20. The highest BCUT2D eigenvalue weighted by Crippen LogP contribution is 2.25. The predicted octanol–water partition coefficient (Wildman–Crippen LogP) is 2.44. The van der Waals surface area contributed by atoms with E-state index in [1.807, 2.05) is 7.11 Å². The number of hydrogen-bond acceptors (Lipinski definition) is 3. The highest BCUT2D eigenvalue weighted by molar-refractivity contribution is 5.79. The second-order valence-electron chi connectivity index (χ2n) is 7.01. The van der Waals surface area contributed by atoms with E-state index in [0.717, 1.165) is 71.1 Å². The van der Waals surface area contributed by atoms with Gasteiger partial charge in [0.1, 0.15) is 0 Å². The zero-order chi connectivity index (χ0) is 15.4. The fourth-order valence-corrected chi connectivity index (χ4v) is 4.20. The van der Waals surface area contributed by atoms with Gasteiger partial charge in [0.2, 0.25) is 5.91 Å². The number of rotatable bonds is 3. The molecular formula is C18H30N2O2. The Morgan fingerprint density at radius 1 is 1.00 bits per heavy atom. The minimum atomic E-state index is 0.249. The van der Waals surface area contributed by atoms with E-state index in [4.69, 9.17) is 4.74 Å². The second kappa shape index (κ2) is 7.60. The minimum absolute atomic E-state index is 0.249. The van der Waals surface area contributed by atoms with Crippen molar-refractivity contribution in [3.63, 3.8) is 0 Å². The molecule has 4 nitrogen and oxygen atoms in total. The number of carbonyl (C=O) groups excluding carboxylic acids is 1. The van der Waals surface area contributed by atoms with Crippen molar-refractivity contribution in [1.29, 1.82) is 0 Å². The lowest BCUT2D eigenvalue weighted by atomic mass is 9.91. The van der Waals surface area contributed by atoms with Crippen molar-refractivity contribution in [2.45, 2.75) is 57.1 Å². The van der Waals surface area contributed by atoms with Crippen molar-refractivity contribution < 1.29 is 9.53 Å². The van der Waals surface area contributed by atoms with Crippen molar-refractivity contribution in [1.82, 2.24) is 9.80 Å². The summed E-state index contributed by atoms with van der Waals surface area (Å²) in [5, 5.41) is 0. The second-order valence-corrected chi connectivity index (χ2v) is 7.01. The van der Waals surface area contributed by atoms with Crippen LogP contribution in [0.2, 0.25) is 0 Å². The van der Waals surface area contributed by atoms with Gasteiger partial charge in [-0.25, -0.2) is 0 Å². The molecule has 0 unspecified atom stereocenters. The van der Waals surface area contributed by atoms with Gasteiger partial charge >= 0.3 is 0 Å². The maximum absolute atomic E-state index is 12.6. The third-order valence-electron chi connectivity index (χ3n) is 5.72. The smallest absolute Gasteiger partial charge is 0.226 e. The lowest BCUT2D eigenvalue weighted by Gasteiger charge is -2.42. The summed E-state index contributed by atoms with van der Waals surface area (Å²) in [7, 11) is 1.82. The average Bonchev–Trinajstić information content (AvgIpc) is 2.62. The molecule has 0 radical (unpaired) electrons. The number of nitrogens with zero attached hydrogens (tertiary/aromatic N) is 2. The van der Waals surface area contributed by atoms with Crippen LogP contribution in [0.3, 0.4) is 0 Å². The van der Waals surface area contributed by atoms with E-state index in [1.54, 1.807) is 0 Å². The third kappa shape index (κ3) is 3.72. The molecule has 0 aromatic carbocycles. The molecule has 22 heavy (non-hydrogen) atoms. The molecule has 0 bridgehead atoms. The first kappa shape index (κ1) is 16.0. The number of allylic oxidation sites excluding steroid dienone is 2. The summed E-state index contributed by atoms with van der Waals surface area (Å²) in [6.07, 6.45) is 12.5. The topological polar surface area (TPSA) is 32.8 Å². The predicted molar refractivity (Wildman–Crippen MR) is 87.7 cm³/mol. The Morgan fingerprint density at radius 3 is 2.32 bits per heavy atom. The van der Waals surface area contributed by atoms with E-state index in [9.17, 15) is 4.79 Å². The lowest BCUT2D eigenvalue weighted by Crippen LogP contribution is -2.50. The molecule has 2 heterocycles. The van der Waals surface area contributed by atoms with Crippen molar-refractivity contribution in [3.05, 3.63) is 12.2 Å². The van der Waals surface area contributed by atoms with Crippen molar-refractivity contribution in [2.24, 2.45) is 5.92 Å². The van der Waals surface area contributed by atoms with Crippen LogP contribution in [0.25, 0.3) is 0 Å². The number of ether oxygens (including phenoxy) is 1. The Hall–Kier alpha value is -0.870. The minimum Gasteiger partial charge on any atom is -0.381 e. The average molecular weight is 306 g/mol. The monoisotopic (exact) mass is 306 g/mol. The van der Waals surface area contributed by atoms with Crippen LogP contribution in [0.5, 0.6) is 0 Å². The van der Waals surface area contributed by atoms with Crippen LogP contribution in [0.4, 0.5) is 0 Å². The quantitative estimate of drug-likeness (QED) is 0.751. The highest BCUT2D eigenvalue weighted by atomic mass is 16.5. The first-order valence-electron chi connectivity index (χ1n) is 8.98. The van der Waals surface area contributed by atoms with Crippen LogP contribution in [0.1, 0.15) is 44.9 Å². The van der Waals surface area contributed by atoms with Crippen LogP contribution in [-0.2, 0) is 9.53 Å². The van der Waals surface area contributed by atoms with Gasteiger partial charge in [0.05, 0.1) is 6.10 Å². The number of methoxy groups -OCH3 is 1. The highest BCUT2D eigenvalue weighted by Gasteiger charge is 2.31. The molecule has 4 heteroatoms. The summed E-state index contributed by atoms with van der Waals surface area (Å²) in [5.74, 6) is 0.653. The van der Waals surface area contributed by atoms with Gasteiger partial charge in [-0.15, -0.1) is 0 Å². The van der Waals surface area contributed by atoms with Crippen LogP contribution >= 0.6 is 0 Å². The zero-order valence-corrected chi connectivity index (χ0v) is 13.9. The van der Waals surface area contributed by atoms with E-state index in [0.29, 0.717) is 18.1 Å². The van der Waals surface area contributed by atoms with Crippen LogP contribution in [-0.4, -0.2) is 61.1 Å². The molecule has 0 aromatic rings. The Morgan fingerprint density at radius 2 is 1.73 bits per heavy atom. The molecule has 3 aliphatic rings. The van der Waals surface area contributed by atoms with E-state index in [1.165, 1.54) is 0 Å². The summed E-state index contributed by atoms with van der Waals surface area (Å²) < 4.78 is 5.46. The van der Waals surface area contributed by atoms with E-state index >= 15 is 0 Å². The summed E-state index contributed by atoms with van der Waals surface area (Å²) in [4.78, 5) is 17.3. The van der Waals surface area contributed by atoms with Crippen LogP contribution < -0.4 is 0 Å². The summed E-state index contributed by atoms with van der Waals surface area (Å²) in [5.41, 5.74) is 0. The third-order valence-corrected chi connectivity index (χ3v) is 5.72. The number of piperidine rings is 2. The molecule has 2 aliphatic heterocycles. The molecule has 2 saturated heterocycles. The Balaban J connectivity index is 1.44. The van der Waals surface area contributed by atoms with E-state index in [-0.39, 0.29) is 5.92 Å². The number of hydrogen-bond donors (Lipinski definition) is 0. The summed E-state index contributed by atoms with van der Waals surface area (Å²) >= 11 is 0. The molecule has 1 atom stereocenters. The largest absolute Gasteiger partial charge is 0.381 e. The molecule has 2 fully saturated rings. The molecule has 1 aliphatic carbocycles. The molecule has 0 spiro atoms. The Kier molecular flexibility index (Phi) is 5.53. The maximum Gasteiger partial charge on any atom is 0.226 e. The first-order valence-corrected chi connectivity index (χ1v) is 8.98. The van der Waals surface area contributed by atoms with E-state index in [2.05, 4.69) is 22.0 Å². The standard InChI is InChI=1S/C18H30N2O2/c1-22-17-9-13-19(14-10-17)16-7-11-20(12-8-16)18(21)15-5-3-2-4-6-15/h2-3,15-17H,4-14H2,1H3/t15-/m1/s1. The molecule has 0 N–H and O–H groups in total. The molecule has 0 aromatic heterocycles. The molecule has 3 rings (SSSR count). The van der Waals surface area contributed by atoms with Gasteiger partial charge in [-0.1, -0.05) is 12.2 Å². The lowest BCUT2D eigenvalue weighted by molar-refractivity contribution is -0.137. The number of likely N-dealkylation sites (tertiary alicyclic amines) is 2.